The van der Waals surface area contributed by atoms with E-state index in [4.69, 9.17) is 9.15 Å². The standard InChI is InChI=1S/C16H15NO3S2/c1-19-10-12-4-6-13(7-5-12)22(18)11-16-17-9-14(20-16)15-3-2-8-21-15/h2-9H,10-11H2,1H3. The van der Waals surface area contributed by atoms with Gasteiger partial charge < -0.3 is 9.15 Å². The molecule has 1 unspecified atom stereocenters. The molecule has 0 saturated heterocycles. The van der Waals surface area contributed by atoms with Crippen LogP contribution in [0.4, 0.5) is 0 Å². The molecule has 6 heteroatoms. The van der Waals surface area contributed by atoms with Crippen molar-refractivity contribution in [1.29, 1.82) is 0 Å². The molecule has 22 heavy (non-hydrogen) atoms. The molecular formula is C16H15NO3S2. The smallest absolute Gasteiger partial charge is 0.207 e. The van der Waals surface area contributed by atoms with Gasteiger partial charge in [0.2, 0.25) is 5.89 Å². The van der Waals surface area contributed by atoms with E-state index in [0.717, 1.165) is 21.1 Å². The number of thiophene rings is 1. The van der Waals surface area contributed by atoms with Crippen molar-refractivity contribution in [3.8, 4) is 10.6 Å². The second-order valence-corrected chi connectivity index (χ2v) is 7.06. The summed E-state index contributed by atoms with van der Waals surface area (Å²) >= 11 is 1.59. The van der Waals surface area contributed by atoms with Crippen LogP contribution < -0.4 is 0 Å². The predicted molar refractivity (Wildman–Crippen MR) is 87.1 cm³/mol. The Hall–Kier alpha value is -1.76. The lowest BCUT2D eigenvalue weighted by atomic mass is 10.2. The van der Waals surface area contributed by atoms with Gasteiger partial charge in [0.1, 0.15) is 5.75 Å². The molecule has 2 heterocycles. The minimum absolute atomic E-state index is 0.273. The highest BCUT2D eigenvalue weighted by Crippen LogP contribution is 2.26. The number of nitrogens with zero attached hydrogens (tertiary/aromatic N) is 1. The third kappa shape index (κ3) is 3.52. The Bertz CT molecular complexity index is 748. The predicted octanol–water partition coefficient (Wildman–Crippen LogP) is 3.86. The Morgan fingerprint density at radius 1 is 1.27 bits per heavy atom. The van der Waals surface area contributed by atoms with Gasteiger partial charge in [-0.1, -0.05) is 18.2 Å². The molecule has 1 atom stereocenters. The minimum Gasteiger partial charge on any atom is -0.439 e. The van der Waals surface area contributed by atoms with Crippen LogP contribution in [0.1, 0.15) is 11.5 Å². The van der Waals surface area contributed by atoms with E-state index in [1.54, 1.807) is 24.6 Å². The summed E-state index contributed by atoms with van der Waals surface area (Å²) in [5.41, 5.74) is 1.05. The summed E-state index contributed by atoms with van der Waals surface area (Å²) in [5.74, 6) is 1.48. The van der Waals surface area contributed by atoms with Crippen LogP contribution in [0.3, 0.4) is 0 Å². The van der Waals surface area contributed by atoms with Crippen LogP contribution in [0.5, 0.6) is 0 Å². The number of aromatic nitrogens is 1. The third-order valence-corrected chi connectivity index (χ3v) is 5.26. The first-order valence-corrected chi connectivity index (χ1v) is 8.91. The molecule has 0 aliphatic carbocycles. The Labute approximate surface area is 135 Å². The molecule has 0 amide bonds. The number of methoxy groups -OCH3 is 1. The maximum absolute atomic E-state index is 12.4. The monoisotopic (exact) mass is 333 g/mol. The molecule has 0 fully saturated rings. The Balaban J connectivity index is 1.69. The van der Waals surface area contributed by atoms with Crippen molar-refractivity contribution in [3.63, 3.8) is 0 Å². The number of hydrogen-bond donors (Lipinski definition) is 0. The van der Waals surface area contributed by atoms with Gasteiger partial charge in [0, 0.05) is 12.0 Å². The highest BCUT2D eigenvalue weighted by atomic mass is 32.2. The second kappa shape index (κ2) is 7.00. The number of hydrogen-bond acceptors (Lipinski definition) is 5. The van der Waals surface area contributed by atoms with E-state index in [9.17, 15) is 4.21 Å². The van der Waals surface area contributed by atoms with E-state index >= 15 is 0 Å². The van der Waals surface area contributed by atoms with Gasteiger partial charge in [-0.2, -0.15) is 0 Å². The number of benzene rings is 1. The second-order valence-electron chi connectivity index (χ2n) is 4.66. The first-order valence-electron chi connectivity index (χ1n) is 6.71. The zero-order chi connectivity index (χ0) is 15.4. The summed E-state index contributed by atoms with van der Waals surface area (Å²) in [6.45, 7) is 0.552. The van der Waals surface area contributed by atoms with Crippen LogP contribution in [-0.4, -0.2) is 16.3 Å². The zero-order valence-electron chi connectivity index (χ0n) is 12.0. The van der Waals surface area contributed by atoms with Gasteiger partial charge in [0.25, 0.3) is 0 Å². The molecule has 0 radical (unpaired) electrons. The van der Waals surface area contributed by atoms with E-state index in [2.05, 4.69) is 4.98 Å². The van der Waals surface area contributed by atoms with E-state index in [1.807, 2.05) is 41.8 Å². The zero-order valence-corrected chi connectivity index (χ0v) is 13.7. The van der Waals surface area contributed by atoms with Crippen molar-refractivity contribution in [3.05, 3.63) is 59.4 Å². The first kappa shape index (κ1) is 15.1. The lowest BCUT2D eigenvalue weighted by Gasteiger charge is -2.02. The largest absolute Gasteiger partial charge is 0.439 e. The van der Waals surface area contributed by atoms with Gasteiger partial charge in [-0.15, -0.1) is 11.3 Å². The fraction of sp³-hybridized carbons (Fsp3) is 0.188. The van der Waals surface area contributed by atoms with E-state index in [0.29, 0.717) is 12.5 Å². The summed E-state index contributed by atoms with van der Waals surface area (Å²) in [6.07, 6.45) is 1.68. The van der Waals surface area contributed by atoms with Crippen molar-refractivity contribution in [2.45, 2.75) is 17.3 Å². The maximum atomic E-state index is 12.4. The Morgan fingerprint density at radius 3 is 2.77 bits per heavy atom. The van der Waals surface area contributed by atoms with Crippen LogP contribution in [0.15, 0.2) is 57.3 Å². The van der Waals surface area contributed by atoms with Crippen LogP contribution >= 0.6 is 11.3 Å². The molecule has 0 aliphatic rings. The fourth-order valence-electron chi connectivity index (χ4n) is 2.01. The molecular weight excluding hydrogens is 318 g/mol. The molecule has 4 nitrogen and oxygen atoms in total. The summed E-state index contributed by atoms with van der Waals surface area (Å²) in [4.78, 5) is 5.99. The molecule has 0 aliphatic heterocycles. The molecule has 0 saturated carbocycles. The van der Waals surface area contributed by atoms with Crippen molar-refractivity contribution >= 4 is 22.1 Å². The first-order chi connectivity index (χ1) is 10.8. The molecule has 3 aromatic rings. The van der Waals surface area contributed by atoms with Crippen molar-refractivity contribution in [2.75, 3.05) is 7.11 Å². The lowest BCUT2D eigenvalue weighted by molar-refractivity contribution is 0.185. The lowest BCUT2D eigenvalue weighted by Crippen LogP contribution is -1.97. The minimum atomic E-state index is -1.17. The number of rotatable bonds is 6. The normalized spacial score (nSPS) is 12.4. The quantitative estimate of drug-likeness (QED) is 0.687. The summed E-state index contributed by atoms with van der Waals surface area (Å²) in [7, 11) is 0.479. The van der Waals surface area contributed by atoms with E-state index < -0.39 is 10.8 Å². The van der Waals surface area contributed by atoms with Crippen LogP contribution in [0.25, 0.3) is 10.6 Å². The highest BCUT2D eigenvalue weighted by Gasteiger charge is 2.12. The molecule has 0 spiro atoms. The van der Waals surface area contributed by atoms with Crippen LogP contribution in [0.2, 0.25) is 0 Å². The Kier molecular flexibility index (Phi) is 4.82. The van der Waals surface area contributed by atoms with Gasteiger partial charge in [-0.3, -0.25) is 4.21 Å². The van der Waals surface area contributed by atoms with E-state index in [-0.39, 0.29) is 5.75 Å². The van der Waals surface area contributed by atoms with Gasteiger partial charge in [0.15, 0.2) is 5.76 Å². The van der Waals surface area contributed by atoms with Crippen LogP contribution in [0, 0.1) is 0 Å². The van der Waals surface area contributed by atoms with Gasteiger partial charge in [-0.05, 0) is 29.1 Å². The molecule has 114 valence electrons. The van der Waals surface area contributed by atoms with Gasteiger partial charge in [0.05, 0.1) is 28.5 Å². The molecule has 2 aromatic heterocycles. The average Bonchev–Trinajstić information content (AvgIpc) is 3.19. The summed E-state index contributed by atoms with van der Waals surface area (Å²) in [6, 6.07) is 11.5. The average molecular weight is 333 g/mol. The van der Waals surface area contributed by atoms with Gasteiger partial charge >= 0.3 is 0 Å². The highest BCUT2D eigenvalue weighted by molar-refractivity contribution is 7.84. The van der Waals surface area contributed by atoms with Crippen LogP contribution in [-0.2, 0) is 27.9 Å². The van der Waals surface area contributed by atoms with Crippen molar-refractivity contribution in [1.82, 2.24) is 4.98 Å². The maximum Gasteiger partial charge on any atom is 0.207 e. The SMILES string of the molecule is COCc1ccc(S(=O)Cc2ncc(-c3cccs3)o2)cc1. The van der Waals surface area contributed by atoms with Crippen molar-refractivity contribution in [2.24, 2.45) is 0 Å². The van der Waals surface area contributed by atoms with Crippen molar-refractivity contribution < 1.29 is 13.4 Å². The molecule has 1 aromatic carbocycles. The number of oxazole rings is 1. The molecule has 0 bridgehead atoms. The molecule has 0 N–H and O–H groups in total. The number of ether oxygens (including phenoxy) is 1. The van der Waals surface area contributed by atoms with Gasteiger partial charge in [-0.25, -0.2) is 4.98 Å². The summed E-state index contributed by atoms with van der Waals surface area (Å²) < 4.78 is 23.1. The third-order valence-electron chi connectivity index (χ3n) is 3.07. The Morgan fingerprint density at radius 2 is 2.09 bits per heavy atom. The fourth-order valence-corrected chi connectivity index (χ4v) is 3.64. The van der Waals surface area contributed by atoms with E-state index in [1.165, 1.54) is 0 Å². The topological polar surface area (TPSA) is 52.3 Å². The molecule has 3 rings (SSSR count). The summed E-state index contributed by atoms with van der Waals surface area (Å²) in [5, 5.41) is 1.98.